The topological polar surface area (TPSA) is 12.0 Å². The number of hydrogen-bond donors (Lipinski definition) is 1. The zero-order chi connectivity index (χ0) is 7.23. The molecular formula is C7H15NS2. The number of nitrogens with one attached hydrogen (secondary N) is 1. The van der Waals surface area contributed by atoms with E-state index in [1.165, 1.54) is 31.0 Å². The fraction of sp³-hybridized carbons (Fsp3) is 1.00. The third kappa shape index (κ3) is 3.17. The lowest BCUT2D eigenvalue weighted by Gasteiger charge is -2.05. The van der Waals surface area contributed by atoms with E-state index in [-0.39, 0.29) is 0 Å². The van der Waals surface area contributed by atoms with Crippen molar-refractivity contribution in [3.63, 3.8) is 0 Å². The summed E-state index contributed by atoms with van der Waals surface area (Å²) in [5.74, 6) is 2.63. The molecule has 1 N–H and O–H groups in total. The summed E-state index contributed by atoms with van der Waals surface area (Å²) >= 11 is 4.07. The fourth-order valence-corrected chi connectivity index (χ4v) is 2.97. The second kappa shape index (κ2) is 5.33. The quantitative estimate of drug-likeness (QED) is 0.653. The highest BCUT2D eigenvalue weighted by Crippen LogP contribution is 2.17. The van der Waals surface area contributed by atoms with Gasteiger partial charge in [-0.3, -0.25) is 0 Å². The van der Waals surface area contributed by atoms with Gasteiger partial charge in [-0.05, 0) is 19.2 Å². The maximum Gasteiger partial charge on any atom is 0.0184 e. The first kappa shape index (κ1) is 8.75. The molecule has 0 amide bonds. The van der Waals surface area contributed by atoms with E-state index < -0.39 is 0 Å². The van der Waals surface area contributed by atoms with Crippen molar-refractivity contribution in [2.24, 2.45) is 0 Å². The number of thioether (sulfide) groups is 2. The average Bonchev–Trinajstić information content (AvgIpc) is 2.41. The molecule has 1 aliphatic heterocycles. The maximum absolute atomic E-state index is 3.37. The van der Waals surface area contributed by atoms with Gasteiger partial charge in [0.1, 0.15) is 0 Å². The molecule has 1 aliphatic rings. The van der Waals surface area contributed by atoms with Crippen molar-refractivity contribution in [1.82, 2.24) is 5.32 Å². The first-order valence-corrected chi connectivity index (χ1v) is 6.19. The molecule has 0 saturated carbocycles. The van der Waals surface area contributed by atoms with E-state index in [0.29, 0.717) is 0 Å². The van der Waals surface area contributed by atoms with Gasteiger partial charge >= 0.3 is 0 Å². The van der Waals surface area contributed by atoms with E-state index in [1.807, 2.05) is 11.8 Å². The van der Waals surface area contributed by atoms with Crippen LogP contribution in [0.4, 0.5) is 0 Å². The van der Waals surface area contributed by atoms with Crippen LogP contribution in [0.3, 0.4) is 0 Å². The van der Waals surface area contributed by atoms with Gasteiger partial charge < -0.3 is 5.32 Å². The Hall–Kier alpha value is 0.660. The van der Waals surface area contributed by atoms with Gasteiger partial charge in [0.25, 0.3) is 0 Å². The van der Waals surface area contributed by atoms with Gasteiger partial charge in [0.05, 0.1) is 0 Å². The Morgan fingerprint density at radius 3 is 3.00 bits per heavy atom. The van der Waals surface area contributed by atoms with Crippen LogP contribution >= 0.6 is 23.5 Å². The van der Waals surface area contributed by atoms with Crippen LogP contribution in [0.5, 0.6) is 0 Å². The molecule has 0 radical (unpaired) electrons. The molecule has 3 heteroatoms. The van der Waals surface area contributed by atoms with Crippen LogP contribution in [0.15, 0.2) is 0 Å². The van der Waals surface area contributed by atoms with Gasteiger partial charge in [-0.1, -0.05) is 0 Å². The van der Waals surface area contributed by atoms with E-state index >= 15 is 0 Å². The van der Waals surface area contributed by atoms with Crippen LogP contribution in [0.1, 0.15) is 6.42 Å². The Morgan fingerprint density at radius 1 is 1.50 bits per heavy atom. The molecule has 1 fully saturated rings. The third-order valence-corrected chi connectivity index (χ3v) is 3.84. The molecule has 60 valence electrons. The minimum absolute atomic E-state index is 0.909. The standard InChI is InChI=1S/C7H15NS2/c1-9-4-5-10-7-2-3-8-6-7/h7-8H,2-6H2,1H3. The highest BCUT2D eigenvalue weighted by atomic mass is 32.2. The first-order chi connectivity index (χ1) is 4.93. The fourth-order valence-electron chi connectivity index (χ4n) is 1.07. The summed E-state index contributed by atoms with van der Waals surface area (Å²) < 4.78 is 0. The van der Waals surface area contributed by atoms with Crippen LogP contribution < -0.4 is 5.32 Å². The van der Waals surface area contributed by atoms with Crippen LogP contribution in [-0.4, -0.2) is 36.1 Å². The van der Waals surface area contributed by atoms with E-state index in [4.69, 9.17) is 0 Å². The van der Waals surface area contributed by atoms with E-state index in [9.17, 15) is 0 Å². The lowest BCUT2D eigenvalue weighted by molar-refractivity contribution is 0.858. The summed E-state index contributed by atoms with van der Waals surface area (Å²) in [6.07, 6.45) is 3.55. The van der Waals surface area contributed by atoms with Crippen molar-refractivity contribution in [2.75, 3.05) is 30.9 Å². The Labute approximate surface area is 71.7 Å². The minimum atomic E-state index is 0.909. The highest BCUT2D eigenvalue weighted by molar-refractivity contribution is 8.02. The van der Waals surface area contributed by atoms with Crippen molar-refractivity contribution >= 4 is 23.5 Å². The smallest absolute Gasteiger partial charge is 0.0184 e. The molecule has 1 saturated heterocycles. The predicted molar refractivity (Wildman–Crippen MR) is 52.1 cm³/mol. The summed E-state index contributed by atoms with van der Waals surface area (Å²) in [5.41, 5.74) is 0. The summed E-state index contributed by atoms with van der Waals surface area (Å²) in [7, 11) is 0. The Kier molecular flexibility index (Phi) is 4.66. The van der Waals surface area contributed by atoms with E-state index in [2.05, 4.69) is 23.3 Å². The zero-order valence-corrected chi connectivity index (χ0v) is 8.06. The Balaban J connectivity index is 1.91. The molecule has 0 aromatic heterocycles. The molecule has 0 aromatic carbocycles. The largest absolute Gasteiger partial charge is 0.316 e. The molecule has 0 aliphatic carbocycles. The number of rotatable bonds is 4. The second-order valence-corrected chi connectivity index (χ2v) is 4.87. The van der Waals surface area contributed by atoms with Gasteiger partial charge in [0.15, 0.2) is 0 Å². The summed E-state index contributed by atoms with van der Waals surface area (Å²) in [4.78, 5) is 0. The van der Waals surface area contributed by atoms with Crippen LogP contribution in [-0.2, 0) is 0 Å². The molecular weight excluding hydrogens is 162 g/mol. The summed E-state index contributed by atoms with van der Waals surface area (Å²) in [6.45, 7) is 2.47. The normalized spacial score (nSPS) is 25.5. The van der Waals surface area contributed by atoms with Gasteiger partial charge in [-0.2, -0.15) is 23.5 Å². The number of hydrogen-bond acceptors (Lipinski definition) is 3. The second-order valence-electron chi connectivity index (χ2n) is 2.48. The summed E-state index contributed by atoms with van der Waals surface area (Å²) in [6, 6.07) is 0. The molecule has 0 bridgehead atoms. The molecule has 1 unspecified atom stereocenters. The van der Waals surface area contributed by atoms with Crippen LogP contribution in [0.25, 0.3) is 0 Å². The molecule has 0 spiro atoms. The molecule has 0 aromatic rings. The van der Waals surface area contributed by atoms with Gasteiger partial charge in [-0.15, -0.1) is 0 Å². The van der Waals surface area contributed by atoms with Crippen molar-refractivity contribution in [3.8, 4) is 0 Å². The Bertz CT molecular complexity index is 81.7. The van der Waals surface area contributed by atoms with Crippen LogP contribution in [0.2, 0.25) is 0 Å². The predicted octanol–water partition coefficient (Wildman–Crippen LogP) is 1.44. The Morgan fingerprint density at radius 2 is 2.40 bits per heavy atom. The SMILES string of the molecule is CSCCSC1CCNC1. The van der Waals surface area contributed by atoms with Crippen molar-refractivity contribution < 1.29 is 0 Å². The van der Waals surface area contributed by atoms with Crippen molar-refractivity contribution in [1.29, 1.82) is 0 Å². The minimum Gasteiger partial charge on any atom is -0.316 e. The van der Waals surface area contributed by atoms with E-state index in [1.54, 1.807) is 0 Å². The van der Waals surface area contributed by atoms with Gasteiger partial charge in [0.2, 0.25) is 0 Å². The average molecular weight is 177 g/mol. The van der Waals surface area contributed by atoms with Crippen molar-refractivity contribution in [3.05, 3.63) is 0 Å². The molecule has 1 rings (SSSR count). The lowest BCUT2D eigenvalue weighted by Crippen LogP contribution is -2.10. The molecule has 1 atom stereocenters. The monoisotopic (exact) mass is 177 g/mol. The summed E-state index contributed by atoms with van der Waals surface area (Å²) in [5, 5.41) is 4.28. The lowest BCUT2D eigenvalue weighted by atomic mass is 10.4. The highest BCUT2D eigenvalue weighted by Gasteiger charge is 2.13. The third-order valence-electron chi connectivity index (χ3n) is 1.66. The first-order valence-electron chi connectivity index (χ1n) is 3.74. The van der Waals surface area contributed by atoms with Crippen molar-refractivity contribution in [2.45, 2.75) is 11.7 Å². The molecule has 10 heavy (non-hydrogen) atoms. The maximum atomic E-state index is 3.37. The molecule has 1 nitrogen and oxygen atoms in total. The van der Waals surface area contributed by atoms with E-state index in [0.717, 1.165) is 5.25 Å². The van der Waals surface area contributed by atoms with Crippen LogP contribution in [0, 0.1) is 0 Å². The molecule has 1 heterocycles. The van der Waals surface area contributed by atoms with Gasteiger partial charge in [-0.25, -0.2) is 0 Å². The zero-order valence-electron chi connectivity index (χ0n) is 6.43. The van der Waals surface area contributed by atoms with Gasteiger partial charge in [0, 0.05) is 23.3 Å².